The highest BCUT2D eigenvalue weighted by Gasteiger charge is 2.54. The predicted octanol–water partition coefficient (Wildman–Crippen LogP) is -0.360. The van der Waals surface area contributed by atoms with Crippen molar-refractivity contribution in [2.24, 2.45) is 0 Å². The van der Waals surface area contributed by atoms with E-state index in [9.17, 15) is 23.7 Å². The highest BCUT2D eigenvalue weighted by atomic mass is 32.2. The van der Waals surface area contributed by atoms with Gasteiger partial charge in [-0.2, -0.15) is 0 Å². The molecule has 2 aromatic rings. The summed E-state index contributed by atoms with van der Waals surface area (Å²) in [6, 6.07) is 10.4. The van der Waals surface area contributed by atoms with E-state index in [0.717, 1.165) is 11.1 Å². The highest BCUT2D eigenvalue weighted by Crippen LogP contribution is 2.33. The number of sulfonamides is 1. The molecule has 1 aliphatic heterocycles. The van der Waals surface area contributed by atoms with Crippen molar-refractivity contribution in [1.82, 2.24) is 4.72 Å². The van der Waals surface area contributed by atoms with Gasteiger partial charge >= 0.3 is 0 Å². The molecule has 0 saturated carbocycles. The molecule has 10 heteroatoms. The average Bonchev–Trinajstić information content (AvgIpc) is 2.96. The fraction of sp³-hybridized carbons (Fsp3) is 0.474. The van der Waals surface area contributed by atoms with Gasteiger partial charge in [-0.05, 0) is 12.1 Å². The zero-order chi connectivity index (χ0) is 21.4. The third-order valence-corrected chi connectivity index (χ3v) is 6.66. The molecule has 4 N–H and O–H groups in total. The van der Waals surface area contributed by atoms with Gasteiger partial charge in [-0.25, -0.2) is 13.1 Å². The third kappa shape index (κ3) is 3.84. The Bertz CT molecular complexity index is 976. The maximum absolute atomic E-state index is 13.0. The van der Waals surface area contributed by atoms with E-state index >= 15 is 0 Å². The number of ether oxygens (including phenoxy) is 2. The third-order valence-electron chi connectivity index (χ3n) is 5.18. The van der Waals surface area contributed by atoms with E-state index < -0.39 is 40.7 Å². The van der Waals surface area contributed by atoms with Crippen molar-refractivity contribution in [1.29, 1.82) is 0 Å². The molecular weight excluding hydrogens is 400 g/mol. The van der Waals surface area contributed by atoms with E-state index in [4.69, 9.17) is 9.47 Å². The smallest absolute Gasteiger partial charge is 0.241 e. The van der Waals surface area contributed by atoms with E-state index in [1.165, 1.54) is 13.2 Å². The van der Waals surface area contributed by atoms with Gasteiger partial charge < -0.3 is 29.7 Å². The van der Waals surface area contributed by atoms with Crippen LogP contribution >= 0.6 is 0 Å². The first-order valence-corrected chi connectivity index (χ1v) is 10.5. The number of aliphatic hydroxyl groups is 3. The zero-order valence-electron chi connectivity index (χ0n) is 16.4. The highest BCUT2D eigenvalue weighted by molar-refractivity contribution is 7.89. The summed E-state index contributed by atoms with van der Waals surface area (Å²) in [6.45, 7) is -1.00. The van der Waals surface area contributed by atoms with E-state index in [-0.39, 0.29) is 11.4 Å². The molecule has 4 atom stereocenters. The summed E-state index contributed by atoms with van der Waals surface area (Å²) in [5, 5.41) is 31.1. The molecule has 0 radical (unpaired) electrons. The lowest BCUT2D eigenvalue weighted by molar-refractivity contribution is -0.260. The molecule has 1 fully saturated rings. The van der Waals surface area contributed by atoms with Gasteiger partial charge in [-0.1, -0.05) is 24.3 Å². The van der Waals surface area contributed by atoms with Crippen molar-refractivity contribution in [3.63, 3.8) is 0 Å². The minimum atomic E-state index is -3.95. The van der Waals surface area contributed by atoms with Gasteiger partial charge in [0, 0.05) is 44.2 Å². The molecule has 0 spiro atoms. The normalized spacial score (nSPS) is 27.4. The Morgan fingerprint density at radius 1 is 1.17 bits per heavy atom. The van der Waals surface area contributed by atoms with E-state index in [0.29, 0.717) is 5.39 Å². The molecule has 0 aromatic heterocycles. The molecule has 3 rings (SSSR count). The van der Waals surface area contributed by atoms with Crippen LogP contribution in [0.2, 0.25) is 0 Å². The summed E-state index contributed by atoms with van der Waals surface area (Å²) in [4.78, 5) is 1.99. The number of anilines is 1. The number of aliphatic hydroxyl groups excluding tert-OH is 3. The number of benzene rings is 2. The van der Waals surface area contributed by atoms with E-state index in [1.807, 2.05) is 31.1 Å². The van der Waals surface area contributed by atoms with Crippen LogP contribution in [0.1, 0.15) is 0 Å². The second-order valence-corrected chi connectivity index (χ2v) is 8.88. The van der Waals surface area contributed by atoms with Gasteiger partial charge in [0.1, 0.15) is 24.9 Å². The molecule has 1 saturated heterocycles. The second kappa shape index (κ2) is 8.15. The minimum Gasteiger partial charge on any atom is -0.391 e. The lowest BCUT2D eigenvalue weighted by Gasteiger charge is -2.27. The van der Waals surface area contributed by atoms with Crippen LogP contribution in [0.3, 0.4) is 0 Å². The van der Waals surface area contributed by atoms with Crippen LogP contribution in [0.15, 0.2) is 41.3 Å². The molecule has 0 aliphatic carbocycles. The number of nitrogens with zero attached hydrogens (tertiary/aromatic N) is 1. The fourth-order valence-electron chi connectivity index (χ4n) is 3.54. The van der Waals surface area contributed by atoms with E-state index in [2.05, 4.69) is 4.72 Å². The van der Waals surface area contributed by atoms with Gasteiger partial charge in [0.2, 0.25) is 15.8 Å². The lowest BCUT2D eigenvalue weighted by Crippen LogP contribution is -2.47. The Morgan fingerprint density at radius 3 is 2.41 bits per heavy atom. The van der Waals surface area contributed by atoms with Crippen molar-refractivity contribution < 1.29 is 33.2 Å². The van der Waals surface area contributed by atoms with Crippen LogP contribution in [0.5, 0.6) is 0 Å². The van der Waals surface area contributed by atoms with Crippen LogP contribution < -0.4 is 9.62 Å². The summed E-state index contributed by atoms with van der Waals surface area (Å²) >= 11 is 0. The summed E-state index contributed by atoms with van der Waals surface area (Å²) in [7, 11) is 1.02. The molecule has 1 aliphatic rings. The summed E-state index contributed by atoms with van der Waals surface area (Å²) in [6.07, 6.45) is -4.05. The lowest BCUT2D eigenvalue weighted by atomic mass is 10.1. The van der Waals surface area contributed by atoms with Crippen LogP contribution in [0.4, 0.5) is 5.69 Å². The van der Waals surface area contributed by atoms with Crippen LogP contribution in [-0.2, 0) is 19.5 Å². The van der Waals surface area contributed by atoms with Gasteiger partial charge in [-0.3, -0.25) is 0 Å². The fourth-order valence-corrected chi connectivity index (χ4v) is 4.81. The number of rotatable bonds is 7. The van der Waals surface area contributed by atoms with E-state index in [1.54, 1.807) is 18.2 Å². The topological polar surface area (TPSA) is 129 Å². The largest absolute Gasteiger partial charge is 0.391 e. The monoisotopic (exact) mass is 426 g/mol. The molecule has 29 heavy (non-hydrogen) atoms. The SMILES string of the molecule is CO[C@@]1(CO)O[C@H](CNS(=O)(=O)c2cccc3c(N(C)C)cccc23)[C@@H](O)[C@@H]1O. The maximum Gasteiger partial charge on any atom is 0.241 e. The summed E-state index contributed by atoms with van der Waals surface area (Å²) in [5.74, 6) is -1.80. The second-order valence-electron chi connectivity index (χ2n) is 7.14. The molecular formula is C19H26N2O7S. The molecule has 2 aromatic carbocycles. The molecule has 160 valence electrons. The standard InChI is InChI=1S/C19H26N2O7S/c1-21(2)14-8-4-7-13-12(14)6-5-9-16(13)29(25,26)20-10-15-17(23)18(24)19(11-22,27-3)28-15/h4-9,15,17-18,20,22-24H,10-11H2,1-3H3/t15-,17-,18+,19+/m1/s1. The van der Waals surface area contributed by atoms with Crippen LogP contribution in [-0.4, -0.2) is 82.2 Å². The van der Waals surface area contributed by atoms with Crippen LogP contribution in [0, 0.1) is 0 Å². The van der Waals surface area contributed by atoms with Crippen molar-refractivity contribution in [3.8, 4) is 0 Å². The first kappa shape index (κ1) is 21.9. The molecule has 0 amide bonds. The quantitative estimate of drug-likeness (QED) is 0.473. The molecule has 0 bridgehead atoms. The van der Waals surface area contributed by atoms with Crippen molar-refractivity contribution in [2.45, 2.75) is 29.0 Å². The predicted molar refractivity (Wildman–Crippen MR) is 107 cm³/mol. The van der Waals surface area contributed by atoms with Gasteiger partial charge in [0.05, 0.1) is 4.90 Å². The number of methoxy groups -OCH3 is 1. The van der Waals surface area contributed by atoms with Crippen molar-refractivity contribution in [2.75, 3.05) is 39.3 Å². The minimum absolute atomic E-state index is 0.0897. The summed E-state index contributed by atoms with van der Waals surface area (Å²) < 4.78 is 38.8. The number of hydrogen-bond donors (Lipinski definition) is 4. The summed E-state index contributed by atoms with van der Waals surface area (Å²) in [5.41, 5.74) is 0.880. The molecule has 0 unspecified atom stereocenters. The Labute approximate surface area is 169 Å². The Hall–Kier alpha value is -1.79. The first-order chi connectivity index (χ1) is 13.7. The Morgan fingerprint density at radius 2 is 1.83 bits per heavy atom. The molecule has 9 nitrogen and oxygen atoms in total. The number of nitrogens with one attached hydrogen (secondary N) is 1. The molecule has 1 heterocycles. The first-order valence-electron chi connectivity index (χ1n) is 9.05. The average molecular weight is 426 g/mol. The van der Waals surface area contributed by atoms with Crippen molar-refractivity contribution in [3.05, 3.63) is 36.4 Å². The van der Waals surface area contributed by atoms with Crippen molar-refractivity contribution >= 4 is 26.5 Å². The van der Waals surface area contributed by atoms with Gasteiger partial charge in [0.25, 0.3) is 0 Å². The maximum atomic E-state index is 13.0. The zero-order valence-corrected chi connectivity index (χ0v) is 17.3. The number of fused-ring (bicyclic) bond motifs is 1. The number of hydrogen-bond acceptors (Lipinski definition) is 8. The van der Waals surface area contributed by atoms with Gasteiger partial charge in [0.15, 0.2) is 0 Å². The Balaban J connectivity index is 1.87. The van der Waals surface area contributed by atoms with Gasteiger partial charge in [-0.15, -0.1) is 0 Å². The van der Waals surface area contributed by atoms with Crippen LogP contribution in [0.25, 0.3) is 10.8 Å². The Kier molecular flexibility index (Phi) is 6.16.